The molecule has 0 N–H and O–H groups in total. The maximum absolute atomic E-state index is 13.3. The van der Waals surface area contributed by atoms with Gasteiger partial charge in [-0.2, -0.15) is 0 Å². The van der Waals surface area contributed by atoms with Crippen LogP contribution in [0.3, 0.4) is 0 Å². The lowest BCUT2D eigenvalue weighted by Gasteiger charge is -2.14. The summed E-state index contributed by atoms with van der Waals surface area (Å²) in [6.07, 6.45) is 0. The Balaban J connectivity index is 3.19. The van der Waals surface area contributed by atoms with Gasteiger partial charge in [-0.05, 0) is 30.5 Å². The number of hydrogen-bond donors (Lipinski definition) is 0. The predicted octanol–water partition coefficient (Wildman–Crippen LogP) is 3.64. The second-order valence-electron chi connectivity index (χ2n) is 3.40. The van der Waals surface area contributed by atoms with Gasteiger partial charge in [0, 0.05) is 10.9 Å². The van der Waals surface area contributed by atoms with Gasteiger partial charge in [-0.15, -0.1) is 0 Å². The van der Waals surface area contributed by atoms with Crippen molar-refractivity contribution in [2.24, 2.45) is 0 Å². The number of rotatable bonds is 3. The van der Waals surface area contributed by atoms with Gasteiger partial charge in [0.15, 0.2) is 0 Å². The largest absolute Gasteiger partial charge is 0.496 e. The third-order valence-corrected chi connectivity index (χ3v) is 3.24. The zero-order valence-electron chi connectivity index (χ0n) is 8.60. The highest BCUT2D eigenvalue weighted by Crippen LogP contribution is 2.30. The fraction of sp³-hybridized carbons (Fsp3) is 0.455. The van der Waals surface area contributed by atoms with E-state index in [1.54, 1.807) is 26.2 Å². The fourth-order valence-electron chi connectivity index (χ4n) is 1.32. The van der Waals surface area contributed by atoms with E-state index in [2.05, 4.69) is 15.9 Å². The van der Waals surface area contributed by atoms with Gasteiger partial charge in [0.25, 0.3) is 0 Å². The van der Waals surface area contributed by atoms with Crippen molar-refractivity contribution in [3.8, 4) is 5.75 Å². The molecule has 0 radical (unpaired) electrons. The van der Waals surface area contributed by atoms with E-state index in [0.717, 1.165) is 16.6 Å². The topological polar surface area (TPSA) is 9.23 Å². The van der Waals surface area contributed by atoms with Crippen molar-refractivity contribution >= 4 is 15.9 Å². The van der Waals surface area contributed by atoms with Crippen LogP contribution in [-0.4, -0.2) is 12.4 Å². The number of halogens is 2. The zero-order chi connectivity index (χ0) is 10.7. The summed E-state index contributed by atoms with van der Waals surface area (Å²) in [5.74, 6) is 0.837. The molecular weight excluding hydrogens is 247 g/mol. The highest BCUT2D eigenvalue weighted by atomic mass is 79.9. The predicted molar refractivity (Wildman–Crippen MR) is 59.9 cm³/mol. The molecule has 0 heterocycles. The van der Waals surface area contributed by atoms with Gasteiger partial charge in [-0.1, -0.05) is 22.9 Å². The Morgan fingerprint density at radius 1 is 1.50 bits per heavy atom. The van der Waals surface area contributed by atoms with E-state index in [0.29, 0.717) is 5.56 Å². The maximum Gasteiger partial charge on any atom is 0.126 e. The van der Waals surface area contributed by atoms with E-state index < -0.39 is 0 Å². The molecule has 3 heteroatoms. The lowest BCUT2D eigenvalue weighted by atomic mass is 10.00. The Kier molecular flexibility index (Phi) is 3.93. The molecule has 0 saturated heterocycles. The average Bonchev–Trinajstić information content (AvgIpc) is 2.20. The summed E-state index contributed by atoms with van der Waals surface area (Å²) >= 11 is 3.38. The van der Waals surface area contributed by atoms with Crippen molar-refractivity contribution in [3.05, 3.63) is 29.1 Å². The molecule has 1 rings (SSSR count). The highest BCUT2D eigenvalue weighted by molar-refractivity contribution is 9.09. The molecule has 0 bridgehead atoms. The Morgan fingerprint density at radius 2 is 2.14 bits per heavy atom. The summed E-state index contributed by atoms with van der Waals surface area (Å²) in [5, 5.41) is 0.797. The lowest BCUT2D eigenvalue weighted by molar-refractivity contribution is 0.405. The summed E-state index contributed by atoms with van der Waals surface area (Å²) < 4.78 is 18.5. The Morgan fingerprint density at radius 3 is 2.64 bits per heavy atom. The molecule has 0 aliphatic rings. The van der Waals surface area contributed by atoms with Crippen molar-refractivity contribution in [2.75, 3.05) is 12.4 Å². The molecule has 0 fully saturated rings. The van der Waals surface area contributed by atoms with E-state index >= 15 is 0 Å². The summed E-state index contributed by atoms with van der Waals surface area (Å²) in [6.45, 7) is 3.77. The lowest BCUT2D eigenvalue weighted by Crippen LogP contribution is -2.00. The molecule has 1 aromatic carbocycles. The van der Waals surface area contributed by atoms with Gasteiger partial charge in [-0.3, -0.25) is 0 Å². The molecule has 0 spiro atoms. The molecule has 14 heavy (non-hydrogen) atoms. The molecule has 1 nitrogen and oxygen atoms in total. The first kappa shape index (κ1) is 11.5. The van der Waals surface area contributed by atoms with Crippen molar-refractivity contribution in [2.45, 2.75) is 19.8 Å². The number of aryl methyl sites for hydroxylation is 1. The average molecular weight is 261 g/mol. The first-order valence-electron chi connectivity index (χ1n) is 4.50. The van der Waals surface area contributed by atoms with Gasteiger partial charge < -0.3 is 4.74 Å². The van der Waals surface area contributed by atoms with Crippen LogP contribution < -0.4 is 4.74 Å². The minimum atomic E-state index is -0.173. The normalized spacial score (nSPS) is 12.6. The fourth-order valence-corrected chi connectivity index (χ4v) is 1.66. The van der Waals surface area contributed by atoms with Crippen LogP contribution in [0.4, 0.5) is 4.39 Å². The third kappa shape index (κ3) is 2.27. The molecule has 1 atom stereocenters. The van der Waals surface area contributed by atoms with E-state index in [4.69, 9.17) is 4.74 Å². The molecule has 1 unspecified atom stereocenters. The zero-order valence-corrected chi connectivity index (χ0v) is 10.2. The van der Waals surface area contributed by atoms with E-state index in [-0.39, 0.29) is 11.7 Å². The second kappa shape index (κ2) is 4.78. The van der Waals surface area contributed by atoms with Crippen molar-refractivity contribution in [1.82, 2.24) is 0 Å². The van der Waals surface area contributed by atoms with Crippen LogP contribution in [0.2, 0.25) is 0 Å². The van der Waals surface area contributed by atoms with Crippen LogP contribution in [0.1, 0.15) is 24.0 Å². The Labute approximate surface area is 92.4 Å². The standard InChI is InChI=1S/C11H14BrFO/c1-7-4-11(14-3)9(5-10(7)13)8(2)6-12/h4-5,8H,6H2,1-3H3. The van der Waals surface area contributed by atoms with Crippen molar-refractivity contribution in [3.63, 3.8) is 0 Å². The SMILES string of the molecule is COc1cc(C)c(F)cc1C(C)CBr. The van der Waals surface area contributed by atoms with Crippen LogP contribution in [0.25, 0.3) is 0 Å². The number of benzene rings is 1. The summed E-state index contributed by atoms with van der Waals surface area (Å²) in [5.41, 5.74) is 1.53. The number of ether oxygens (including phenoxy) is 1. The smallest absolute Gasteiger partial charge is 0.126 e. The minimum absolute atomic E-state index is 0.173. The summed E-state index contributed by atoms with van der Waals surface area (Å²) in [4.78, 5) is 0. The molecule has 0 aromatic heterocycles. The van der Waals surface area contributed by atoms with E-state index in [1.807, 2.05) is 6.92 Å². The summed E-state index contributed by atoms with van der Waals surface area (Å²) in [6, 6.07) is 3.30. The summed E-state index contributed by atoms with van der Waals surface area (Å²) in [7, 11) is 1.61. The molecule has 0 saturated carbocycles. The highest BCUT2D eigenvalue weighted by Gasteiger charge is 2.13. The van der Waals surface area contributed by atoms with Gasteiger partial charge in [0.05, 0.1) is 7.11 Å². The maximum atomic E-state index is 13.3. The first-order chi connectivity index (χ1) is 6.60. The molecule has 78 valence electrons. The van der Waals surface area contributed by atoms with Gasteiger partial charge >= 0.3 is 0 Å². The second-order valence-corrected chi connectivity index (χ2v) is 4.05. The number of methoxy groups -OCH3 is 1. The van der Waals surface area contributed by atoms with Crippen LogP contribution >= 0.6 is 15.9 Å². The minimum Gasteiger partial charge on any atom is -0.496 e. The molecule has 0 aliphatic carbocycles. The van der Waals surface area contributed by atoms with Crippen LogP contribution in [0, 0.1) is 12.7 Å². The molecule has 0 amide bonds. The quantitative estimate of drug-likeness (QED) is 0.755. The van der Waals surface area contributed by atoms with Crippen molar-refractivity contribution in [1.29, 1.82) is 0 Å². The van der Waals surface area contributed by atoms with Crippen molar-refractivity contribution < 1.29 is 9.13 Å². The number of alkyl halides is 1. The van der Waals surface area contributed by atoms with E-state index in [1.165, 1.54) is 0 Å². The first-order valence-corrected chi connectivity index (χ1v) is 5.62. The molecule has 1 aromatic rings. The monoisotopic (exact) mass is 260 g/mol. The van der Waals surface area contributed by atoms with Gasteiger partial charge in [-0.25, -0.2) is 4.39 Å². The van der Waals surface area contributed by atoms with Gasteiger partial charge in [0.1, 0.15) is 11.6 Å². The van der Waals surface area contributed by atoms with Crippen LogP contribution in [0.5, 0.6) is 5.75 Å². The van der Waals surface area contributed by atoms with Crippen LogP contribution in [-0.2, 0) is 0 Å². The Hall–Kier alpha value is -0.570. The molecular formula is C11H14BrFO. The van der Waals surface area contributed by atoms with E-state index in [9.17, 15) is 4.39 Å². The van der Waals surface area contributed by atoms with Crippen LogP contribution in [0.15, 0.2) is 12.1 Å². The number of hydrogen-bond acceptors (Lipinski definition) is 1. The third-order valence-electron chi connectivity index (χ3n) is 2.27. The molecule has 0 aliphatic heterocycles. The Bertz CT molecular complexity index is 325. The van der Waals surface area contributed by atoms with Gasteiger partial charge in [0.2, 0.25) is 0 Å².